The van der Waals surface area contributed by atoms with E-state index in [2.05, 4.69) is 25.6 Å². The van der Waals surface area contributed by atoms with E-state index >= 15 is 0 Å². The number of carbonyl (C=O) groups excluding carboxylic acids is 1. The van der Waals surface area contributed by atoms with Crippen molar-refractivity contribution in [1.29, 1.82) is 0 Å². The number of aromatic nitrogens is 5. The highest BCUT2D eigenvalue weighted by Crippen LogP contribution is 2.36. The van der Waals surface area contributed by atoms with Crippen molar-refractivity contribution in [3.8, 4) is 10.7 Å². The molecule has 9 heteroatoms. The number of anilines is 2. The maximum absolute atomic E-state index is 13.3. The van der Waals surface area contributed by atoms with Crippen LogP contribution >= 0.6 is 11.3 Å². The minimum absolute atomic E-state index is 0.270. The van der Waals surface area contributed by atoms with E-state index in [0.717, 1.165) is 4.88 Å². The molecule has 0 fully saturated rings. The molecule has 8 nitrogen and oxygen atoms in total. The van der Waals surface area contributed by atoms with Crippen molar-refractivity contribution in [1.82, 2.24) is 24.7 Å². The van der Waals surface area contributed by atoms with E-state index in [-0.39, 0.29) is 5.91 Å². The predicted octanol–water partition coefficient (Wildman–Crippen LogP) is 3.72. The highest BCUT2D eigenvalue weighted by molar-refractivity contribution is 7.13. The molecule has 0 spiro atoms. The average molecular weight is 415 g/mol. The number of thiophene rings is 1. The second-order valence-electron chi connectivity index (χ2n) is 6.67. The molecule has 0 aromatic carbocycles. The van der Waals surface area contributed by atoms with Gasteiger partial charge in [0, 0.05) is 18.1 Å². The van der Waals surface area contributed by atoms with Crippen molar-refractivity contribution in [3.63, 3.8) is 0 Å². The number of rotatable bonds is 4. The van der Waals surface area contributed by atoms with Crippen molar-refractivity contribution < 1.29 is 4.79 Å². The van der Waals surface area contributed by atoms with Crippen LogP contribution in [0.25, 0.3) is 10.7 Å². The van der Waals surface area contributed by atoms with Crippen LogP contribution in [0.2, 0.25) is 0 Å². The van der Waals surface area contributed by atoms with Crippen LogP contribution in [0.5, 0.6) is 0 Å². The molecular weight excluding hydrogens is 398 g/mol. The first-order chi connectivity index (χ1) is 14.7. The quantitative estimate of drug-likeness (QED) is 0.527. The average Bonchev–Trinajstić information content (AvgIpc) is 3.44. The van der Waals surface area contributed by atoms with Crippen LogP contribution in [0.1, 0.15) is 18.7 Å². The molecule has 2 N–H and O–H groups in total. The highest BCUT2D eigenvalue weighted by atomic mass is 32.1. The van der Waals surface area contributed by atoms with Crippen molar-refractivity contribution in [3.05, 3.63) is 83.3 Å². The molecule has 0 bridgehead atoms. The van der Waals surface area contributed by atoms with Crippen molar-refractivity contribution >= 4 is 29.0 Å². The van der Waals surface area contributed by atoms with Gasteiger partial charge >= 0.3 is 0 Å². The van der Waals surface area contributed by atoms with Crippen LogP contribution in [-0.4, -0.2) is 30.6 Å². The number of hydrogen-bond acceptors (Lipinski definition) is 7. The van der Waals surface area contributed by atoms with E-state index in [0.29, 0.717) is 34.6 Å². The Morgan fingerprint density at radius 2 is 1.93 bits per heavy atom. The summed E-state index contributed by atoms with van der Waals surface area (Å²) in [7, 11) is 0. The van der Waals surface area contributed by atoms with Gasteiger partial charge in [-0.1, -0.05) is 18.2 Å². The fraction of sp³-hybridized carbons (Fsp3) is 0.0952. The number of carbonyl (C=O) groups is 1. The largest absolute Gasteiger partial charge is 0.328 e. The smallest absolute Gasteiger partial charge is 0.257 e. The lowest BCUT2D eigenvalue weighted by Gasteiger charge is -2.27. The molecule has 4 aromatic rings. The third-order valence-corrected chi connectivity index (χ3v) is 5.58. The number of fused-ring (bicyclic) bond motifs is 1. The summed E-state index contributed by atoms with van der Waals surface area (Å²) in [6.45, 7) is 1.85. The van der Waals surface area contributed by atoms with Crippen molar-refractivity contribution in [2.75, 3.05) is 10.6 Å². The van der Waals surface area contributed by atoms with Gasteiger partial charge in [-0.05, 0) is 42.6 Å². The fourth-order valence-corrected chi connectivity index (χ4v) is 4.04. The molecule has 5 heterocycles. The Morgan fingerprint density at radius 3 is 2.63 bits per heavy atom. The standard InChI is InChI=1S/C21H17N7OS/c1-13-17(20(29)25-16-9-3-5-11-23-16)18(14-7-2-4-10-22-14)28-21(24-13)26-19(27-28)15-8-6-12-30-15/h2-12,18H,1H3,(H,23,25,29)(H,24,26,27). The third kappa shape index (κ3) is 3.25. The Kier molecular flexibility index (Phi) is 4.56. The van der Waals surface area contributed by atoms with Crippen LogP contribution < -0.4 is 10.6 Å². The van der Waals surface area contributed by atoms with Crippen LogP contribution in [0.3, 0.4) is 0 Å². The molecular formula is C21H17N7OS. The van der Waals surface area contributed by atoms with Gasteiger partial charge in [0.05, 0.1) is 16.1 Å². The molecule has 0 saturated heterocycles. The van der Waals surface area contributed by atoms with Crippen LogP contribution in [0.4, 0.5) is 11.8 Å². The summed E-state index contributed by atoms with van der Waals surface area (Å²) in [5.74, 6) is 1.38. The summed E-state index contributed by atoms with van der Waals surface area (Å²) >= 11 is 1.56. The number of nitrogens with one attached hydrogen (secondary N) is 2. The Labute approximate surface area is 176 Å². The van der Waals surface area contributed by atoms with E-state index in [1.807, 2.05) is 48.7 Å². The van der Waals surface area contributed by atoms with Crippen LogP contribution in [0.15, 0.2) is 77.6 Å². The third-order valence-electron chi connectivity index (χ3n) is 4.71. The number of allylic oxidation sites excluding steroid dienone is 1. The predicted molar refractivity (Wildman–Crippen MR) is 115 cm³/mol. The van der Waals surface area contributed by atoms with Crippen molar-refractivity contribution in [2.24, 2.45) is 0 Å². The van der Waals surface area contributed by atoms with Gasteiger partial charge in [-0.2, -0.15) is 4.98 Å². The Morgan fingerprint density at radius 1 is 1.10 bits per heavy atom. The number of pyridine rings is 2. The molecule has 1 atom stereocenters. The number of nitrogens with zero attached hydrogens (tertiary/aromatic N) is 5. The number of hydrogen-bond donors (Lipinski definition) is 2. The van der Waals surface area contributed by atoms with E-state index in [9.17, 15) is 4.79 Å². The van der Waals surface area contributed by atoms with E-state index in [1.54, 1.807) is 40.5 Å². The summed E-state index contributed by atoms with van der Waals surface area (Å²) in [6, 6.07) is 14.4. The zero-order valence-electron chi connectivity index (χ0n) is 16.0. The van der Waals surface area contributed by atoms with E-state index in [4.69, 9.17) is 5.10 Å². The minimum Gasteiger partial charge on any atom is -0.328 e. The van der Waals surface area contributed by atoms with Gasteiger partial charge in [-0.25, -0.2) is 9.67 Å². The zero-order valence-corrected chi connectivity index (χ0v) is 16.8. The SMILES string of the molecule is CC1=C(C(=O)Nc2ccccn2)C(c2ccccn2)n2nc(-c3cccs3)nc2N1. The summed E-state index contributed by atoms with van der Waals surface area (Å²) in [5.41, 5.74) is 1.90. The van der Waals surface area contributed by atoms with Crippen LogP contribution in [-0.2, 0) is 4.79 Å². The lowest BCUT2D eigenvalue weighted by Crippen LogP contribution is -2.32. The van der Waals surface area contributed by atoms with Crippen LogP contribution in [0, 0.1) is 0 Å². The van der Waals surface area contributed by atoms with Gasteiger partial charge in [0.25, 0.3) is 5.91 Å². The van der Waals surface area contributed by atoms with E-state index in [1.165, 1.54) is 0 Å². The molecule has 0 radical (unpaired) electrons. The second-order valence-corrected chi connectivity index (χ2v) is 7.62. The van der Waals surface area contributed by atoms with E-state index < -0.39 is 6.04 Å². The number of amides is 1. The van der Waals surface area contributed by atoms with Gasteiger partial charge in [-0.3, -0.25) is 9.78 Å². The maximum Gasteiger partial charge on any atom is 0.257 e. The van der Waals surface area contributed by atoms with Gasteiger partial charge in [0.2, 0.25) is 5.95 Å². The fourth-order valence-electron chi connectivity index (χ4n) is 3.39. The summed E-state index contributed by atoms with van der Waals surface area (Å²) < 4.78 is 1.72. The van der Waals surface area contributed by atoms with Gasteiger partial charge in [0.15, 0.2) is 5.82 Å². The van der Waals surface area contributed by atoms with Gasteiger partial charge < -0.3 is 10.6 Å². The molecule has 30 heavy (non-hydrogen) atoms. The molecule has 0 aliphatic carbocycles. The summed E-state index contributed by atoms with van der Waals surface area (Å²) in [5, 5.41) is 12.8. The first-order valence-electron chi connectivity index (χ1n) is 9.32. The Balaban J connectivity index is 1.60. The monoisotopic (exact) mass is 415 g/mol. The minimum atomic E-state index is -0.521. The lowest BCUT2D eigenvalue weighted by atomic mass is 9.99. The molecule has 1 amide bonds. The summed E-state index contributed by atoms with van der Waals surface area (Å²) in [6.07, 6.45) is 3.34. The molecule has 1 unspecified atom stereocenters. The topological polar surface area (TPSA) is 97.6 Å². The first-order valence-corrected chi connectivity index (χ1v) is 10.2. The highest BCUT2D eigenvalue weighted by Gasteiger charge is 2.35. The molecule has 1 aliphatic heterocycles. The molecule has 5 rings (SSSR count). The summed E-state index contributed by atoms with van der Waals surface area (Å²) in [4.78, 5) is 27.6. The Hall–Kier alpha value is -3.85. The molecule has 4 aromatic heterocycles. The molecule has 0 saturated carbocycles. The first kappa shape index (κ1) is 18.2. The van der Waals surface area contributed by atoms with Gasteiger partial charge in [0.1, 0.15) is 11.9 Å². The Bertz CT molecular complexity index is 1220. The molecule has 1 aliphatic rings. The maximum atomic E-state index is 13.3. The van der Waals surface area contributed by atoms with Gasteiger partial charge in [-0.15, -0.1) is 16.4 Å². The second kappa shape index (κ2) is 7.53. The lowest BCUT2D eigenvalue weighted by molar-refractivity contribution is -0.113. The zero-order chi connectivity index (χ0) is 20.5. The molecule has 148 valence electrons. The normalized spacial score (nSPS) is 15.4. The van der Waals surface area contributed by atoms with Crippen molar-refractivity contribution in [2.45, 2.75) is 13.0 Å².